The van der Waals surface area contributed by atoms with Gasteiger partial charge < -0.3 is 20.3 Å². The minimum Gasteiger partial charge on any atom is -0.376 e. The Balaban J connectivity index is 1.81. The van der Waals surface area contributed by atoms with E-state index in [1.807, 2.05) is 38.1 Å². The van der Waals surface area contributed by atoms with E-state index in [2.05, 4.69) is 27.4 Å². The van der Waals surface area contributed by atoms with E-state index < -0.39 is 0 Å². The highest BCUT2D eigenvalue weighted by Crippen LogP contribution is 2.21. The summed E-state index contributed by atoms with van der Waals surface area (Å²) < 4.78 is 5.51. The van der Waals surface area contributed by atoms with Crippen LogP contribution in [0.1, 0.15) is 12.6 Å². The summed E-state index contributed by atoms with van der Waals surface area (Å²) in [6.45, 7) is 8.02. The molecule has 1 fully saturated rings. The van der Waals surface area contributed by atoms with Gasteiger partial charge in [-0.3, -0.25) is 4.90 Å². The fourth-order valence-electron chi connectivity index (χ4n) is 2.57. The second-order valence-electron chi connectivity index (χ2n) is 6.08. The highest BCUT2D eigenvalue weighted by Gasteiger charge is 2.16. The molecule has 7 nitrogen and oxygen atoms in total. The zero-order valence-electron chi connectivity index (χ0n) is 14.4. The zero-order chi connectivity index (χ0) is 16.8. The van der Waals surface area contributed by atoms with Gasteiger partial charge in [-0.15, -0.1) is 0 Å². The largest absolute Gasteiger partial charge is 0.376 e. The molecule has 2 heterocycles. The first-order valence-corrected chi connectivity index (χ1v) is 7.99. The fourth-order valence-corrected chi connectivity index (χ4v) is 2.57. The molecule has 128 valence electrons. The first-order valence-electron chi connectivity index (χ1n) is 7.99. The molecule has 0 bridgehead atoms. The lowest BCUT2D eigenvalue weighted by atomic mass is 10.3. The summed E-state index contributed by atoms with van der Waals surface area (Å²) in [5, 5.41) is 5.76. The molecule has 0 aliphatic carbocycles. The lowest BCUT2D eigenvalue weighted by molar-refractivity contribution is -0.0174. The van der Waals surface area contributed by atoms with Crippen molar-refractivity contribution < 1.29 is 9.53 Å². The molecule has 1 atom stereocenters. The maximum atomic E-state index is 12.1. The van der Waals surface area contributed by atoms with Crippen molar-refractivity contribution in [3.8, 4) is 0 Å². The fraction of sp³-hybridized carbons (Fsp3) is 0.625. The summed E-state index contributed by atoms with van der Waals surface area (Å²) >= 11 is 0. The van der Waals surface area contributed by atoms with E-state index in [4.69, 9.17) is 4.74 Å². The summed E-state index contributed by atoms with van der Waals surface area (Å²) in [6, 6.07) is 3.55. The number of urea groups is 1. The first-order chi connectivity index (χ1) is 11.0. The average Bonchev–Trinajstić information content (AvgIpc) is 2.49. The second-order valence-corrected chi connectivity index (χ2v) is 6.08. The molecule has 23 heavy (non-hydrogen) atoms. The van der Waals surface area contributed by atoms with Gasteiger partial charge in [-0.1, -0.05) is 0 Å². The Kier molecular flexibility index (Phi) is 6.18. The van der Waals surface area contributed by atoms with E-state index in [9.17, 15) is 4.79 Å². The van der Waals surface area contributed by atoms with Crippen molar-refractivity contribution >= 4 is 17.5 Å². The molecule has 2 rings (SSSR count). The molecule has 0 spiro atoms. The molecule has 0 radical (unpaired) electrons. The number of hydrogen-bond donors (Lipinski definition) is 2. The number of amides is 2. The van der Waals surface area contributed by atoms with Gasteiger partial charge >= 0.3 is 6.03 Å². The van der Waals surface area contributed by atoms with Crippen molar-refractivity contribution in [1.29, 1.82) is 0 Å². The summed E-state index contributed by atoms with van der Waals surface area (Å²) in [5.74, 6) is 0.752. The van der Waals surface area contributed by atoms with Crippen molar-refractivity contribution in [2.24, 2.45) is 0 Å². The van der Waals surface area contributed by atoms with Gasteiger partial charge in [0.05, 0.1) is 18.4 Å². The number of ether oxygens (including phenoxy) is 1. The van der Waals surface area contributed by atoms with Crippen LogP contribution in [-0.4, -0.2) is 68.9 Å². The van der Waals surface area contributed by atoms with E-state index in [1.54, 1.807) is 0 Å². The van der Waals surface area contributed by atoms with Crippen LogP contribution in [0.4, 0.5) is 16.3 Å². The van der Waals surface area contributed by atoms with Crippen LogP contribution in [0.5, 0.6) is 0 Å². The predicted octanol–water partition coefficient (Wildman–Crippen LogP) is 1.30. The van der Waals surface area contributed by atoms with Gasteiger partial charge in [0, 0.05) is 46.0 Å². The third kappa shape index (κ3) is 5.37. The van der Waals surface area contributed by atoms with Crippen molar-refractivity contribution in [3.63, 3.8) is 0 Å². The zero-order valence-corrected chi connectivity index (χ0v) is 14.4. The van der Waals surface area contributed by atoms with Gasteiger partial charge in [0.2, 0.25) is 0 Å². The van der Waals surface area contributed by atoms with E-state index in [-0.39, 0.29) is 12.1 Å². The van der Waals surface area contributed by atoms with Crippen LogP contribution in [0, 0.1) is 6.92 Å². The number of rotatable bonds is 5. The third-order valence-electron chi connectivity index (χ3n) is 3.72. The number of hydrogen-bond acceptors (Lipinski definition) is 5. The Morgan fingerprint density at radius 3 is 2.96 bits per heavy atom. The monoisotopic (exact) mass is 321 g/mol. The quantitative estimate of drug-likeness (QED) is 0.855. The summed E-state index contributed by atoms with van der Waals surface area (Å²) in [4.78, 5) is 20.7. The third-order valence-corrected chi connectivity index (χ3v) is 3.72. The van der Waals surface area contributed by atoms with Crippen LogP contribution in [0.3, 0.4) is 0 Å². The van der Waals surface area contributed by atoms with Gasteiger partial charge in [0.15, 0.2) is 5.82 Å². The highest BCUT2D eigenvalue weighted by atomic mass is 16.5. The van der Waals surface area contributed by atoms with Crippen LogP contribution in [0.15, 0.2) is 12.1 Å². The molecule has 2 N–H and O–H groups in total. The molecular weight excluding hydrogens is 294 g/mol. The minimum absolute atomic E-state index is 0.208. The number of aromatic nitrogens is 1. The number of nitrogens with one attached hydrogen (secondary N) is 2. The Bertz CT molecular complexity index is 535. The van der Waals surface area contributed by atoms with Crippen LogP contribution in [0.25, 0.3) is 0 Å². The molecule has 1 unspecified atom stereocenters. The Hall–Kier alpha value is -1.86. The normalized spacial score (nSPS) is 18.5. The standard InChI is InChI=1S/C16H27N5O2/c1-12-5-6-14(15(18-12)20(3)4)19-16(22)17-7-8-21-9-10-23-13(2)11-21/h5-6,13H,7-11H2,1-4H3,(H2,17,19,22). The van der Waals surface area contributed by atoms with E-state index in [0.717, 1.165) is 37.8 Å². The lowest BCUT2D eigenvalue weighted by Gasteiger charge is -2.30. The molecule has 0 aromatic carbocycles. The van der Waals surface area contributed by atoms with E-state index >= 15 is 0 Å². The molecule has 1 aliphatic rings. The summed E-state index contributed by atoms with van der Waals surface area (Å²) in [5.41, 5.74) is 1.62. The average molecular weight is 321 g/mol. The van der Waals surface area contributed by atoms with Crippen LogP contribution >= 0.6 is 0 Å². The summed E-state index contributed by atoms with van der Waals surface area (Å²) in [7, 11) is 3.81. The van der Waals surface area contributed by atoms with Crippen molar-refractivity contribution in [1.82, 2.24) is 15.2 Å². The number of anilines is 2. The minimum atomic E-state index is -0.208. The lowest BCUT2D eigenvalue weighted by Crippen LogP contribution is -2.45. The van der Waals surface area contributed by atoms with E-state index in [1.165, 1.54) is 0 Å². The smallest absolute Gasteiger partial charge is 0.319 e. The van der Waals surface area contributed by atoms with Crippen molar-refractivity contribution in [2.75, 3.05) is 57.1 Å². The maximum absolute atomic E-state index is 12.1. The SMILES string of the molecule is Cc1ccc(NC(=O)NCCN2CCOC(C)C2)c(N(C)C)n1. The molecule has 1 aromatic rings. The second kappa shape index (κ2) is 8.12. The first kappa shape index (κ1) is 17.5. The maximum Gasteiger partial charge on any atom is 0.319 e. The van der Waals surface area contributed by atoms with E-state index in [0.29, 0.717) is 12.2 Å². The molecule has 2 amide bonds. The highest BCUT2D eigenvalue weighted by molar-refractivity contribution is 5.92. The van der Waals surface area contributed by atoms with Crippen LogP contribution in [0.2, 0.25) is 0 Å². The number of aryl methyl sites for hydroxylation is 1. The number of nitrogens with zero attached hydrogens (tertiary/aromatic N) is 3. The Morgan fingerprint density at radius 2 is 2.26 bits per heavy atom. The molecule has 1 aromatic heterocycles. The molecular formula is C16H27N5O2. The number of pyridine rings is 1. The van der Waals surface area contributed by atoms with Crippen molar-refractivity contribution in [3.05, 3.63) is 17.8 Å². The molecule has 7 heteroatoms. The molecule has 1 aliphatic heterocycles. The Labute approximate surface area is 138 Å². The molecule has 1 saturated heterocycles. The van der Waals surface area contributed by atoms with Gasteiger partial charge in [-0.25, -0.2) is 9.78 Å². The number of morpholine rings is 1. The van der Waals surface area contributed by atoms with Gasteiger partial charge in [-0.05, 0) is 26.0 Å². The topological polar surface area (TPSA) is 69.7 Å². The van der Waals surface area contributed by atoms with Gasteiger partial charge in [0.25, 0.3) is 0 Å². The van der Waals surface area contributed by atoms with Crippen molar-refractivity contribution in [2.45, 2.75) is 20.0 Å². The summed E-state index contributed by atoms with van der Waals surface area (Å²) in [6.07, 6.45) is 0.263. The van der Waals surface area contributed by atoms with Gasteiger partial charge in [0.1, 0.15) is 0 Å². The van der Waals surface area contributed by atoms with Gasteiger partial charge in [-0.2, -0.15) is 0 Å². The number of carbonyl (C=O) groups excluding carboxylic acids is 1. The Morgan fingerprint density at radius 1 is 1.48 bits per heavy atom. The number of carbonyl (C=O) groups is 1. The van der Waals surface area contributed by atoms with Crippen LogP contribution < -0.4 is 15.5 Å². The van der Waals surface area contributed by atoms with Crippen LogP contribution in [-0.2, 0) is 4.74 Å². The predicted molar refractivity (Wildman–Crippen MR) is 92.2 cm³/mol. The molecule has 0 saturated carbocycles.